The van der Waals surface area contributed by atoms with Crippen molar-refractivity contribution in [1.29, 1.82) is 0 Å². The van der Waals surface area contributed by atoms with Gasteiger partial charge in [0.05, 0.1) is 19.8 Å². The molecule has 0 bridgehead atoms. The van der Waals surface area contributed by atoms with E-state index in [-0.39, 0.29) is 0 Å². The summed E-state index contributed by atoms with van der Waals surface area (Å²) in [6, 6.07) is 12.4. The maximum absolute atomic E-state index is 12.0. The van der Waals surface area contributed by atoms with Gasteiger partial charge in [0.1, 0.15) is 5.71 Å². The lowest BCUT2D eigenvalue weighted by molar-refractivity contribution is -0.136. The second kappa shape index (κ2) is 6.76. The minimum atomic E-state index is -0.505. The smallest absolute Gasteiger partial charge is 0.368 e. The Morgan fingerprint density at radius 3 is 2.42 bits per heavy atom. The zero-order chi connectivity index (χ0) is 17.1. The molecule has 6 heteroatoms. The van der Waals surface area contributed by atoms with Crippen LogP contribution in [0, 0.1) is 0 Å². The molecule has 24 heavy (non-hydrogen) atoms. The number of hydrogen-bond acceptors (Lipinski definition) is 5. The van der Waals surface area contributed by atoms with Gasteiger partial charge in [-0.05, 0) is 35.9 Å². The van der Waals surface area contributed by atoms with Gasteiger partial charge in [-0.1, -0.05) is 35.0 Å². The van der Waals surface area contributed by atoms with Crippen LogP contribution in [0.5, 0.6) is 11.5 Å². The van der Waals surface area contributed by atoms with Crippen molar-refractivity contribution in [2.45, 2.75) is 0 Å². The standard InChI is InChI=1S/C18H14ClNO4/c1-22-15-8-3-11(10-16(15)23-2)9-14-17(20-24-18(14)21)12-4-6-13(19)7-5-12/h3-10H,1-2H3/b14-9-. The molecule has 0 saturated carbocycles. The van der Waals surface area contributed by atoms with Gasteiger partial charge < -0.3 is 14.3 Å². The van der Waals surface area contributed by atoms with Crippen LogP contribution in [0.1, 0.15) is 11.1 Å². The number of ether oxygens (including phenoxy) is 2. The molecule has 0 radical (unpaired) electrons. The van der Waals surface area contributed by atoms with E-state index in [1.165, 1.54) is 0 Å². The summed E-state index contributed by atoms with van der Waals surface area (Å²) in [5, 5.41) is 4.48. The van der Waals surface area contributed by atoms with Crippen LogP contribution in [0.15, 0.2) is 53.2 Å². The van der Waals surface area contributed by atoms with Crippen LogP contribution in [-0.4, -0.2) is 25.9 Å². The highest BCUT2D eigenvalue weighted by Crippen LogP contribution is 2.29. The predicted molar refractivity (Wildman–Crippen MR) is 91.6 cm³/mol. The van der Waals surface area contributed by atoms with E-state index in [1.807, 2.05) is 6.07 Å². The highest BCUT2D eigenvalue weighted by Gasteiger charge is 2.26. The molecule has 0 saturated heterocycles. The van der Waals surface area contributed by atoms with Crippen molar-refractivity contribution in [3.8, 4) is 11.5 Å². The van der Waals surface area contributed by atoms with Crippen molar-refractivity contribution in [2.24, 2.45) is 5.16 Å². The van der Waals surface area contributed by atoms with Gasteiger partial charge in [-0.2, -0.15) is 0 Å². The first-order valence-electron chi connectivity index (χ1n) is 7.11. The molecule has 1 heterocycles. The fraction of sp³-hybridized carbons (Fsp3) is 0.111. The summed E-state index contributed by atoms with van der Waals surface area (Å²) >= 11 is 5.90. The minimum absolute atomic E-state index is 0.365. The van der Waals surface area contributed by atoms with E-state index in [4.69, 9.17) is 25.9 Å². The molecule has 5 nitrogen and oxygen atoms in total. The van der Waals surface area contributed by atoms with Crippen LogP contribution in [0.3, 0.4) is 0 Å². The van der Waals surface area contributed by atoms with Gasteiger partial charge in [0.2, 0.25) is 0 Å². The van der Waals surface area contributed by atoms with Crippen molar-refractivity contribution < 1.29 is 19.1 Å². The number of oxime groups is 1. The van der Waals surface area contributed by atoms with Crippen LogP contribution in [0.2, 0.25) is 5.02 Å². The second-order valence-corrected chi connectivity index (χ2v) is 5.43. The van der Waals surface area contributed by atoms with Crippen molar-refractivity contribution in [2.75, 3.05) is 14.2 Å². The monoisotopic (exact) mass is 343 g/mol. The van der Waals surface area contributed by atoms with E-state index in [2.05, 4.69) is 5.16 Å². The molecule has 2 aromatic carbocycles. The maximum Gasteiger partial charge on any atom is 0.368 e. The van der Waals surface area contributed by atoms with Crippen LogP contribution in [0.25, 0.3) is 6.08 Å². The summed E-state index contributed by atoms with van der Waals surface area (Å²) in [6.07, 6.45) is 1.70. The van der Waals surface area contributed by atoms with Crippen molar-refractivity contribution in [1.82, 2.24) is 0 Å². The molecule has 0 spiro atoms. The summed E-state index contributed by atoms with van der Waals surface area (Å²) in [5.74, 6) is 0.679. The van der Waals surface area contributed by atoms with Crippen LogP contribution >= 0.6 is 11.6 Å². The molecular weight excluding hydrogens is 330 g/mol. The molecule has 0 fully saturated rings. The van der Waals surface area contributed by atoms with Gasteiger partial charge in [0, 0.05) is 10.6 Å². The second-order valence-electron chi connectivity index (χ2n) is 5.00. The van der Waals surface area contributed by atoms with Crippen molar-refractivity contribution >= 4 is 29.4 Å². The third-order valence-corrected chi connectivity index (χ3v) is 3.78. The summed E-state index contributed by atoms with van der Waals surface area (Å²) in [7, 11) is 3.12. The number of hydrogen-bond donors (Lipinski definition) is 0. The zero-order valence-electron chi connectivity index (χ0n) is 13.1. The number of benzene rings is 2. The number of rotatable bonds is 4. The van der Waals surface area contributed by atoms with E-state index < -0.39 is 5.97 Å². The quantitative estimate of drug-likeness (QED) is 0.627. The number of halogens is 1. The molecule has 1 aliphatic heterocycles. The summed E-state index contributed by atoms with van der Waals surface area (Å²) < 4.78 is 10.5. The molecule has 0 N–H and O–H groups in total. The third kappa shape index (κ3) is 3.12. The lowest BCUT2D eigenvalue weighted by Gasteiger charge is -2.08. The van der Waals surface area contributed by atoms with E-state index in [9.17, 15) is 4.79 Å². The SMILES string of the molecule is COc1ccc(/C=C2\C(=O)ON=C2c2ccc(Cl)cc2)cc1OC. The van der Waals surface area contributed by atoms with Crippen LogP contribution < -0.4 is 9.47 Å². The van der Waals surface area contributed by atoms with Gasteiger partial charge >= 0.3 is 5.97 Å². The van der Waals surface area contributed by atoms with Gasteiger partial charge in [-0.3, -0.25) is 0 Å². The average Bonchev–Trinajstić information content (AvgIpc) is 2.96. The van der Waals surface area contributed by atoms with Gasteiger partial charge in [0.25, 0.3) is 0 Å². The summed E-state index contributed by atoms with van der Waals surface area (Å²) in [6.45, 7) is 0. The first kappa shape index (κ1) is 16.1. The number of nitrogens with zero attached hydrogens (tertiary/aromatic N) is 1. The number of methoxy groups -OCH3 is 2. The Morgan fingerprint density at radius 1 is 1.04 bits per heavy atom. The number of carbonyl (C=O) groups excluding carboxylic acids is 1. The lowest BCUT2D eigenvalue weighted by atomic mass is 10.0. The predicted octanol–water partition coefficient (Wildman–Crippen LogP) is 3.70. The Labute approximate surface area is 144 Å². The average molecular weight is 344 g/mol. The Bertz CT molecular complexity index is 841. The van der Waals surface area contributed by atoms with Gasteiger partial charge in [-0.15, -0.1) is 0 Å². The van der Waals surface area contributed by atoms with Gasteiger partial charge in [0.15, 0.2) is 11.5 Å². The summed E-state index contributed by atoms with van der Waals surface area (Å²) in [4.78, 5) is 16.8. The first-order valence-corrected chi connectivity index (χ1v) is 7.49. The maximum atomic E-state index is 12.0. The normalized spacial score (nSPS) is 15.2. The Hall–Kier alpha value is -2.79. The van der Waals surface area contributed by atoms with E-state index in [0.717, 1.165) is 11.1 Å². The fourth-order valence-electron chi connectivity index (χ4n) is 2.33. The van der Waals surface area contributed by atoms with Crippen molar-refractivity contribution in [3.05, 3.63) is 64.2 Å². The van der Waals surface area contributed by atoms with Crippen LogP contribution in [0.4, 0.5) is 0 Å². The molecule has 0 aromatic heterocycles. The Kier molecular flexibility index (Phi) is 4.53. The zero-order valence-corrected chi connectivity index (χ0v) is 13.8. The molecular formula is C18H14ClNO4. The van der Waals surface area contributed by atoms with E-state index in [1.54, 1.807) is 56.7 Å². The molecule has 122 valence electrons. The molecule has 1 aliphatic rings. The van der Waals surface area contributed by atoms with Crippen LogP contribution in [-0.2, 0) is 9.63 Å². The molecule has 3 rings (SSSR count). The molecule has 2 aromatic rings. The number of carbonyl (C=O) groups is 1. The highest BCUT2D eigenvalue weighted by atomic mass is 35.5. The lowest BCUT2D eigenvalue weighted by Crippen LogP contribution is -2.06. The highest BCUT2D eigenvalue weighted by molar-refractivity contribution is 6.32. The third-order valence-electron chi connectivity index (χ3n) is 3.53. The summed E-state index contributed by atoms with van der Waals surface area (Å²) in [5.41, 5.74) is 2.34. The van der Waals surface area contributed by atoms with E-state index in [0.29, 0.717) is 27.8 Å². The van der Waals surface area contributed by atoms with Crippen molar-refractivity contribution in [3.63, 3.8) is 0 Å². The fourth-order valence-corrected chi connectivity index (χ4v) is 2.46. The first-order chi connectivity index (χ1) is 11.6. The van der Waals surface area contributed by atoms with Gasteiger partial charge in [-0.25, -0.2) is 4.79 Å². The molecule has 0 aliphatic carbocycles. The Balaban J connectivity index is 1.99. The molecule has 0 atom stereocenters. The minimum Gasteiger partial charge on any atom is -0.493 e. The largest absolute Gasteiger partial charge is 0.493 e. The van der Waals surface area contributed by atoms with E-state index >= 15 is 0 Å². The molecule has 0 unspecified atom stereocenters. The Morgan fingerprint density at radius 2 is 1.75 bits per heavy atom. The topological polar surface area (TPSA) is 57.1 Å². The molecule has 0 amide bonds.